The van der Waals surface area contributed by atoms with Crippen LogP contribution in [0.15, 0.2) is 18.3 Å². The molecule has 4 N–H and O–H groups in total. The Bertz CT molecular complexity index is 483. The van der Waals surface area contributed by atoms with Crippen LogP contribution >= 0.6 is 0 Å². The third kappa shape index (κ3) is 2.58. The summed E-state index contributed by atoms with van der Waals surface area (Å²) in [5.74, 6) is -0.873. The van der Waals surface area contributed by atoms with Gasteiger partial charge in [-0.15, -0.1) is 0 Å². The number of hydrogen-bond acceptors (Lipinski definition) is 4. The van der Waals surface area contributed by atoms with E-state index in [4.69, 9.17) is 10.8 Å². The molecule has 0 atom stereocenters. The molecule has 1 saturated carbocycles. The standard InChI is InChI=1S/C12H15N3O3/c13-11(18)8-2-5-14-9(6-8)15-12(3-1-4-12)7-10(16)17/h2,5-6H,1,3-4,7H2,(H2,13,18)(H,14,15)(H,16,17). The molecule has 1 aromatic heterocycles. The highest BCUT2D eigenvalue weighted by Gasteiger charge is 2.39. The Kier molecular flexibility index (Phi) is 3.18. The summed E-state index contributed by atoms with van der Waals surface area (Å²) in [4.78, 5) is 26.0. The number of nitrogens with zero attached hydrogens (tertiary/aromatic N) is 1. The highest BCUT2D eigenvalue weighted by Crippen LogP contribution is 2.37. The number of nitrogens with one attached hydrogen (secondary N) is 1. The molecule has 0 unspecified atom stereocenters. The number of carbonyl (C=O) groups excluding carboxylic acids is 1. The van der Waals surface area contributed by atoms with Gasteiger partial charge in [-0.2, -0.15) is 0 Å². The van der Waals surface area contributed by atoms with E-state index in [1.54, 1.807) is 6.07 Å². The first-order valence-electron chi connectivity index (χ1n) is 5.77. The van der Waals surface area contributed by atoms with Gasteiger partial charge >= 0.3 is 5.97 Å². The molecule has 0 bridgehead atoms. The second-order valence-electron chi connectivity index (χ2n) is 4.62. The van der Waals surface area contributed by atoms with Gasteiger partial charge in [0.05, 0.1) is 6.42 Å². The van der Waals surface area contributed by atoms with Crippen molar-refractivity contribution < 1.29 is 14.7 Å². The predicted octanol–water partition coefficient (Wildman–Crippen LogP) is 0.990. The molecule has 18 heavy (non-hydrogen) atoms. The lowest BCUT2D eigenvalue weighted by Gasteiger charge is -2.41. The van der Waals surface area contributed by atoms with Gasteiger partial charge in [0.2, 0.25) is 5.91 Å². The number of nitrogens with two attached hydrogens (primary N) is 1. The fraction of sp³-hybridized carbons (Fsp3) is 0.417. The van der Waals surface area contributed by atoms with Gasteiger partial charge in [0.1, 0.15) is 5.82 Å². The second kappa shape index (κ2) is 4.64. The first kappa shape index (κ1) is 12.3. The summed E-state index contributed by atoms with van der Waals surface area (Å²) < 4.78 is 0. The minimum Gasteiger partial charge on any atom is -0.481 e. The maximum Gasteiger partial charge on any atom is 0.305 e. The van der Waals surface area contributed by atoms with E-state index in [0.29, 0.717) is 11.4 Å². The summed E-state index contributed by atoms with van der Waals surface area (Å²) in [5, 5.41) is 12.0. The van der Waals surface area contributed by atoms with Crippen LogP contribution in [0.5, 0.6) is 0 Å². The van der Waals surface area contributed by atoms with Crippen LogP contribution in [0.1, 0.15) is 36.0 Å². The van der Waals surface area contributed by atoms with Gasteiger partial charge in [0, 0.05) is 17.3 Å². The molecule has 0 aromatic carbocycles. The Hall–Kier alpha value is -2.11. The number of hydrogen-bond donors (Lipinski definition) is 3. The summed E-state index contributed by atoms with van der Waals surface area (Å²) in [6.07, 6.45) is 4.12. The minimum atomic E-state index is -0.840. The highest BCUT2D eigenvalue weighted by molar-refractivity contribution is 5.93. The summed E-state index contributed by atoms with van der Waals surface area (Å²) in [6, 6.07) is 3.07. The average Bonchev–Trinajstić information content (AvgIpc) is 2.25. The van der Waals surface area contributed by atoms with E-state index >= 15 is 0 Å². The smallest absolute Gasteiger partial charge is 0.305 e. The Morgan fingerprint density at radius 3 is 2.72 bits per heavy atom. The van der Waals surface area contributed by atoms with Crippen LogP contribution in [-0.4, -0.2) is 27.5 Å². The van der Waals surface area contributed by atoms with E-state index in [9.17, 15) is 9.59 Å². The molecule has 2 rings (SSSR count). The molecular formula is C12H15N3O3. The number of aromatic nitrogens is 1. The van der Waals surface area contributed by atoms with Crippen molar-refractivity contribution in [3.05, 3.63) is 23.9 Å². The monoisotopic (exact) mass is 249 g/mol. The van der Waals surface area contributed by atoms with E-state index in [1.807, 2.05) is 0 Å². The van der Waals surface area contributed by atoms with Gasteiger partial charge in [-0.05, 0) is 31.4 Å². The van der Waals surface area contributed by atoms with Crippen molar-refractivity contribution in [3.8, 4) is 0 Å². The first-order chi connectivity index (χ1) is 8.51. The number of amides is 1. The molecule has 1 aliphatic carbocycles. The van der Waals surface area contributed by atoms with Crippen LogP contribution in [0.3, 0.4) is 0 Å². The van der Waals surface area contributed by atoms with Gasteiger partial charge < -0.3 is 16.2 Å². The topological polar surface area (TPSA) is 105 Å². The SMILES string of the molecule is NC(=O)c1ccnc(NC2(CC(=O)O)CCC2)c1. The Morgan fingerprint density at radius 1 is 1.50 bits per heavy atom. The number of carboxylic acids is 1. The molecule has 0 spiro atoms. The van der Waals surface area contributed by atoms with Crippen LogP contribution in [0.2, 0.25) is 0 Å². The molecule has 1 fully saturated rings. The van der Waals surface area contributed by atoms with E-state index < -0.39 is 17.4 Å². The lowest BCUT2D eigenvalue weighted by molar-refractivity contribution is -0.138. The van der Waals surface area contributed by atoms with E-state index in [1.165, 1.54) is 12.3 Å². The Balaban J connectivity index is 2.14. The number of primary amides is 1. The second-order valence-corrected chi connectivity index (χ2v) is 4.62. The van der Waals surface area contributed by atoms with Gasteiger partial charge in [0.25, 0.3) is 0 Å². The molecule has 0 aliphatic heterocycles. The van der Waals surface area contributed by atoms with Crippen LogP contribution in [0, 0.1) is 0 Å². The van der Waals surface area contributed by atoms with Crippen molar-refractivity contribution in [2.24, 2.45) is 5.73 Å². The third-order valence-electron chi connectivity index (χ3n) is 3.24. The van der Waals surface area contributed by atoms with E-state index in [2.05, 4.69) is 10.3 Å². The molecule has 1 aromatic rings. The molecule has 0 saturated heterocycles. The number of rotatable bonds is 5. The molecule has 1 amide bonds. The van der Waals surface area contributed by atoms with Crippen molar-refractivity contribution in [1.82, 2.24) is 4.98 Å². The predicted molar refractivity (Wildman–Crippen MR) is 65.2 cm³/mol. The quantitative estimate of drug-likeness (QED) is 0.721. The van der Waals surface area contributed by atoms with E-state index in [0.717, 1.165) is 19.3 Å². The largest absolute Gasteiger partial charge is 0.481 e. The van der Waals surface area contributed by atoms with Gasteiger partial charge in [0.15, 0.2) is 0 Å². The minimum absolute atomic E-state index is 0.0511. The number of carbonyl (C=O) groups is 2. The molecule has 96 valence electrons. The van der Waals surface area contributed by atoms with Crippen molar-refractivity contribution in [2.75, 3.05) is 5.32 Å². The van der Waals surface area contributed by atoms with Gasteiger partial charge in [-0.1, -0.05) is 0 Å². The normalized spacial score (nSPS) is 16.7. The van der Waals surface area contributed by atoms with Crippen molar-refractivity contribution >= 4 is 17.7 Å². The molecule has 0 radical (unpaired) electrons. The van der Waals surface area contributed by atoms with E-state index in [-0.39, 0.29) is 6.42 Å². The fourth-order valence-corrected chi connectivity index (χ4v) is 2.16. The highest BCUT2D eigenvalue weighted by atomic mass is 16.4. The summed E-state index contributed by atoms with van der Waals surface area (Å²) >= 11 is 0. The number of carboxylic acid groups (broad SMARTS) is 1. The fourth-order valence-electron chi connectivity index (χ4n) is 2.16. The van der Waals surface area contributed by atoms with Crippen LogP contribution in [0.25, 0.3) is 0 Å². The van der Waals surface area contributed by atoms with Crippen molar-refractivity contribution in [3.63, 3.8) is 0 Å². The molecule has 1 heterocycles. The zero-order valence-electron chi connectivity index (χ0n) is 9.85. The maximum absolute atomic E-state index is 11.1. The Morgan fingerprint density at radius 2 is 2.22 bits per heavy atom. The molecular weight excluding hydrogens is 234 g/mol. The molecule has 6 heteroatoms. The lowest BCUT2D eigenvalue weighted by Crippen LogP contribution is -2.47. The van der Waals surface area contributed by atoms with Crippen LogP contribution in [0.4, 0.5) is 5.82 Å². The summed E-state index contributed by atoms with van der Waals surface area (Å²) in [5.41, 5.74) is 5.11. The number of aliphatic carboxylic acids is 1. The van der Waals surface area contributed by atoms with Crippen LogP contribution < -0.4 is 11.1 Å². The molecule has 6 nitrogen and oxygen atoms in total. The first-order valence-corrected chi connectivity index (χ1v) is 5.77. The van der Waals surface area contributed by atoms with Gasteiger partial charge in [-0.25, -0.2) is 4.98 Å². The van der Waals surface area contributed by atoms with Crippen molar-refractivity contribution in [2.45, 2.75) is 31.2 Å². The third-order valence-corrected chi connectivity index (χ3v) is 3.24. The number of anilines is 1. The zero-order chi connectivity index (χ0) is 13.2. The zero-order valence-corrected chi connectivity index (χ0v) is 9.85. The number of pyridine rings is 1. The van der Waals surface area contributed by atoms with Gasteiger partial charge in [-0.3, -0.25) is 9.59 Å². The lowest BCUT2D eigenvalue weighted by atomic mass is 9.74. The average molecular weight is 249 g/mol. The Labute approximate surface area is 104 Å². The van der Waals surface area contributed by atoms with Crippen LogP contribution in [-0.2, 0) is 4.79 Å². The summed E-state index contributed by atoms with van der Waals surface area (Å²) in [6.45, 7) is 0. The maximum atomic E-state index is 11.1. The van der Waals surface area contributed by atoms with Crippen molar-refractivity contribution in [1.29, 1.82) is 0 Å². The molecule has 1 aliphatic rings. The summed E-state index contributed by atoms with van der Waals surface area (Å²) in [7, 11) is 0.